The Kier molecular flexibility index (Phi) is 6.36. The number of carbonyl (C=O) groups is 1. The smallest absolute Gasteiger partial charge is 0.223 e. The Hall–Kier alpha value is -0.0900. The summed E-state index contributed by atoms with van der Waals surface area (Å²) in [5.74, 6) is 1.21. The summed E-state index contributed by atoms with van der Waals surface area (Å²) in [7, 11) is 1.66. The first-order chi connectivity index (χ1) is 7.67. The molecule has 0 heterocycles. The van der Waals surface area contributed by atoms with Crippen molar-refractivity contribution < 1.29 is 9.53 Å². The van der Waals surface area contributed by atoms with Crippen LogP contribution in [-0.2, 0) is 9.53 Å². The molecule has 1 aliphatic carbocycles. The van der Waals surface area contributed by atoms with Gasteiger partial charge in [0, 0.05) is 18.4 Å². The molecule has 0 bridgehead atoms. The largest absolute Gasteiger partial charge is 0.383 e. The van der Waals surface area contributed by atoms with Gasteiger partial charge in [0.2, 0.25) is 5.91 Å². The van der Waals surface area contributed by atoms with E-state index < -0.39 is 0 Å². The predicted molar refractivity (Wildman–Crippen MR) is 68.7 cm³/mol. The second-order valence-electron chi connectivity index (χ2n) is 4.77. The van der Waals surface area contributed by atoms with Gasteiger partial charge in [-0.2, -0.15) is 0 Å². The minimum absolute atomic E-state index is 0.0943. The standard InChI is InChI=1S/C12H22BrNO2/c1-9-3-5-10(6-4-9)12(15)14-11(7-13)8-16-2/h9-11H,3-8H2,1-2H3,(H,14,15). The lowest BCUT2D eigenvalue weighted by atomic mass is 9.82. The number of methoxy groups -OCH3 is 1. The molecule has 0 aromatic rings. The molecular formula is C12H22BrNO2. The van der Waals surface area contributed by atoms with Crippen LogP contribution in [0.4, 0.5) is 0 Å². The first-order valence-corrected chi connectivity index (χ1v) is 7.14. The lowest BCUT2D eigenvalue weighted by molar-refractivity contribution is -0.127. The van der Waals surface area contributed by atoms with E-state index in [1.54, 1.807) is 7.11 Å². The molecule has 1 N–H and O–H groups in total. The van der Waals surface area contributed by atoms with Crippen molar-refractivity contribution in [2.24, 2.45) is 11.8 Å². The summed E-state index contributed by atoms with van der Waals surface area (Å²) in [4.78, 5) is 12.0. The number of hydrogen-bond acceptors (Lipinski definition) is 2. The number of hydrogen-bond donors (Lipinski definition) is 1. The van der Waals surface area contributed by atoms with Gasteiger partial charge in [0.05, 0.1) is 12.6 Å². The van der Waals surface area contributed by atoms with Gasteiger partial charge < -0.3 is 10.1 Å². The van der Waals surface area contributed by atoms with Crippen LogP contribution in [0.25, 0.3) is 0 Å². The minimum Gasteiger partial charge on any atom is -0.383 e. The summed E-state index contributed by atoms with van der Waals surface area (Å²) in [5.41, 5.74) is 0. The van der Waals surface area contributed by atoms with Crippen LogP contribution in [0.15, 0.2) is 0 Å². The number of ether oxygens (including phenoxy) is 1. The number of nitrogens with one attached hydrogen (secondary N) is 1. The zero-order valence-corrected chi connectivity index (χ0v) is 11.8. The van der Waals surface area contributed by atoms with E-state index in [2.05, 4.69) is 28.2 Å². The molecule has 1 amide bonds. The van der Waals surface area contributed by atoms with E-state index in [1.807, 2.05) is 0 Å². The predicted octanol–water partition coefficient (Wildman–Crippen LogP) is 2.34. The van der Waals surface area contributed by atoms with E-state index in [1.165, 1.54) is 12.8 Å². The third kappa shape index (κ3) is 4.42. The van der Waals surface area contributed by atoms with E-state index in [-0.39, 0.29) is 17.9 Å². The molecule has 1 aliphatic rings. The second kappa shape index (κ2) is 7.28. The summed E-state index contributed by atoms with van der Waals surface area (Å²) >= 11 is 3.38. The molecule has 16 heavy (non-hydrogen) atoms. The molecule has 94 valence electrons. The van der Waals surface area contributed by atoms with Gasteiger partial charge in [0.1, 0.15) is 0 Å². The van der Waals surface area contributed by atoms with Crippen molar-refractivity contribution in [2.45, 2.75) is 38.6 Å². The summed E-state index contributed by atoms with van der Waals surface area (Å²) in [6, 6.07) is 0.0943. The van der Waals surface area contributed by atoms with Crippen molar-refractivity contribution in [3.63, 3.8) is 0 Å². The Morgan fingerprint density at radius 3 is 2.56 bits per heavy atom. The van der Waals surface area contributed by atoms with Crippen LogP contribution in [0.1, 0.15) is 32.6 Å². The molecular weight excluding hydrogens is 270 g/mol. The van der Waals surface area contributed by atoms with Crippen molar-refractivity contribution in [1.82, 2.24) is 5.32 Å². The first kappa shape index (κ1) is 14.0. The molecule has 1 unspecified atom stereocenters. The summed E-state index contributed by atoms with van der Waals surface area (Å²) in [5, 5.41) is 3.79. The highest BCUT2D eigenvalue weighted by atomic mass is 79.9. The van der Waals surface area contributed by atoms with Crippen LogP contribution in [0.3, 0.4) is 0 Å². The third-order valence-corrected chi connectivity index (χ3v) is 4.07. The normalized spacial score (nSPS) is 27.4. The summed E-state index contributed by atoms with van der Waals surface area (Å²) < 4.78 is 5.06. The van der Waals surface area contributed by atoms with Gasteiger partial charge in [-0.05, 0) is 31.6 Å². The maximum absolute atomic E-state index is 12.0. The maximum Gasteiger partial charge on any atom is 0.223 e. The second-order valence-corrected chi connectivity index (χ2v) is 5.42. The highest BCUT2D eigenvalue weighted by molar-refractivity contribution is 9.09. The number of carbonyl (C=O) groups excluding carboxylic acids is 1. The van der Waals surface area contributed by atoms with E-state index in [0.717, 1.165) is 24.1 Å². The average Bonchev–Trinajstić information content (AvgIpc) is 2.29. The van der Waals surface area contributed by atoms with E-state index in [0.29, 0.717) is 6.61 Å². The fraction of sp³-hybridized carbons (Fsp3) is 0.917. The van der Waals surface area contributed by atoms with Gasteiger partial charge in [0.25, 0.3) is 0 Å². The van der Waals surface area contributed by atoms with Gasteiger partial charge in [0.15, 0.2) is 0 Å². The minimum atomic E-state index is 0.0943. The Morgan fingerprint density at radius 2 is 2.06 bits per heavy atom. The van der Waals surface area contributed by atoms with Crippen LogP contribution >= 0.6 is 15.9 Å². The van der Waals surface area contributed by atoms with Gasteiger partial charge in [-0.3, -0.25) is 4.79 Å². The SMILES string of the molecule is COCC(CBr)NC(=O)C1CCC(C)CC1. The third-order valence-electron chi connectivity index (χ3n) is 3.29. The van der Waals surface area contributed by atoms with Crippen molar-refractivity contribution >= 4 is 21.8 Å². The Labute approximate surface area is 106 Å². The number of rotatable bonds is 5. The van der Waals surface area contributed by atoms with E-state index in [4.69, 9.17) is 4.74 Å². The van der Waals surface area contributed by atoms with Crippen LogP contribution < -0.4 is 5.32 Å². The quantitative estimate of drug-likeness (QED) is 0.790. The molecule has 1 saturated carbocycles. The average molecular weight is 292 g/mol. The van der Waals surface area contributed by atoms with Crippen LogP contribution in [-0.4, -0.2) is 31.0 Å². The van der Waals surface area contributed by atoms with Gasteiger partial charge in [-0.25, -0.2) is 0 Å². The zero-order chi connectivity index (χ0) is 12.0. The zero-order valence-electron chi connectivity index (χ0n) is 10.2. The molecule has 1 rings (SSSR count). The number of halogens is 1. The molecule has 0 aromatic heterocycles. The lowest BCUT2D eigenvalue weighted by Crippen LogP contribution is -2.43. The first-order valence-electron chi connectivity index (χ1n) is 6.02. The number of alkyl halides is 1. The van der Waals surface area contributed by atoms with E-state index in [9.17, 15) is 4.79 Å². The van der Waals surface area contributed by atoms with E-state index >= 15 is 0 Å². The topological polar surface area (TPSA) is 38.3 Å². The Morgan fingerprint density at radius 1 is 1.44 bits per heavy atom. The fourth-order valence-corrected chi connectivity index (χ4v) is 2.52. The molecule has 0 radical (unpaired) electrons. The lowest BCUT2D eigenvalue weighted by Gasteiger charge is -2.26. The molecule has 0 aromatic carbocycles. The van der Waals surface area contributed by atoms with Crippen LogP contribution in [0.2, 0.25) is 0 Å². The Bertz CT molecular complexity index is 215. The maximum atomic E-state index is 12.0. The van der Waals surface area contributed by atoms with Crippen LogP contribution in [0.5, 0.6) is 0 Å². The van der Waals surface area contributed by atoms with Crippen molar-refractivity contribution in [3.8, 4) is 0 Å². The monoisotopic (exact) mass is 291 g/mol. The molecule has 1 fully saturated rings. The summed E-state index contributed by atoms with van der Waals surface area (Å²) in [6.07, 6.45) is 4.44. The fourth-order valence-electron chi connectivity index (χ4n) is 2.17. The Balaban J connectivity index is 2.33. The molecule has 1 atom stereocenters. The van der Waals surface area contributed by atoms with Crippen molar-refractivity contribution in [1.29, 1.82) is 0 Å². The van der Waals surface area contributed by atoms with Gasteiger partial charge in [-0.1, -0.05) is 22.9 Å². The molecule has 3 nitrogen and oxygen atoms in total. The van der Waals surface area contributed by atoms with Crippen LogP contribution in [0, 0.1) is 11.8 Å². The van der Waals surface area contributed by atoms with Gasteiger partial charge >= 0.3 is 0 Å². The molecule has 0 aliphatic heterocycles. The molecule has 4 heteroatoms. The van der Waals surface area contributed by atoms with Crippen molar-refractivity contribution in [3.05, 3.63) is 0 Å². The number of amides is 1. The highest BCUT2D eigenvalue weighted by Crippen LogP contribution is 2.28. The van der Waals surface area contributed by atoms with Crippen molar-refractivity contribution in [2.75, 3.05) is 19.0 Å². The van der Waals surface area contributed by atoms with Gasteiger partial charge in [-0.15, -0.1) is 0 Å². The molecule has 0 saturated heterocycles. The summed E-state index contributed by atoms with van der Waals surface area (Å²) in [6.45, 7) is 2.83. The highest BCUT2D eigenvalue weighted by Gasteiger charge is 2.25. The molecule has 0 spiro atoms.